The Kier molecular flexibility index (Phi) is 5.67. The topological polar surface area (TPSA) is 35.2 Å². The second kappa shape index (κ2) is 8.10. The van der Waals surface area contributed by atoms with Gasteiger partial charge in [0.1, 0.15) is 5.82 Å². The van der Waals surface area contributed by atoms with Crippen molar-refractivity contribution < 1.29 is 8.82 Å². The number of rotatable bonds is 4. The monoisotopic (exact) mass is 419 g/mol. The molecule has 0 radical (unpaired) electrons. The van der Waals surface area contributed by atoms with Crippen molar-refractivity contribution in [2.24, 2.45) is 5.73 Å². The summed E-state index contributed by atoms with van der Waals surface area (Å²) in [6, 6.07) is 26.1. The third-order valence-electron chi connectivity index (χ3n) is 6.27. The molecule has 0 aliphatic heterocycles. The van der Waals surface area contributed by atoms with E-state index < -0.39 is 8.32 Å². The average Bonchev–Trinajstić information content (AvgIpc) is 2.74. The zero-order valence-electron chi connectivity index (χ0n) is 17.9. The van der Waals surface area contributed by atoms with Crippen molar-refractivity contribution in [2.45, 2.75) is 50.8 Å². The Morgan fingerprint density at radius 1 is 0.833 bits per heavy atom. The molecule has 0 bridgehead atoms. The van der Waals surface area contributed by atoms with Crippen LogP contribution in [0.1, 0.15) is 56.9 Å². The molecule has 2 nitrogen and oxygen atoms in total. The molecular formula is C26H30FNOSi. The zero-order valence-corrected chi connectivity index (χ0v) is 18.9. The lowest BCUT2D eigenvalue weighted by Crippen LogP contribution is -2.67. The first-order valence-electron chi connectivity index (χ1n) is 10.7. The Labute approximate surface area is 180 Å². The van der Waals surface area contributed by atoms with Crippen LogP contribution in [0.5, 0.6) is 0 Å². The van der Waals surface area contributed by atoms with E-state index >= 15 is 0 Å². The molecule has 0 fully saturated rings. The highest BCUT2D eigenvalue weighted by molar-refractivity contribution is 6.99. The second-order valence-corrected chi connectivity index (χ2v) is 13.5. The van der Waals surface area contributed by atoms with E-state index in [0.29, 0.717) is 0 Å². The minimum Gasteiger partial charge on any atom is -0.400 e. The van der Waals surface area contributed by atoms with Crippen LogP contribution in [0.15, 0.2) is 78.9 Å². The van der Waals surface area contributed by atoms with E-state index in [-0.39, 0.29) is 23.0 Å². The average molecular weight is 420 g/mol. The van der Waals surface area contributed by atoms with Crippen LogP contribution in [0.4, 0.5) is 4.39 Å². The SMILES string of the molecule is CC(C)(C)[Si](O[C@@H]1CC[C@@H](N)c2cc(F)ccc21)(c1ccccc1)c1ccccc1. The maximum absolute atomic E-state index is 14.0. The van der Waals surface area contributed by atoms with Crippen molar-refractivity contribution in [1.82, 2.24) is 0 Å². The quantitative estimate of drug-likeness (QED) is 0.587. The minimum absolute atomic E-state index is 0.102. The Bertz CT molecular complexity index is 961. The third kappa shape index (κ3) is 3.64. The highest BCUT2D eigenvalue weighted by atomic mass is 28.4. The van der Waals surface area contributed by atoms with Crippen molar-refractivity contribution in [3.63, 3.8) is 0 Å². The van der Waals surface area contributed by atoms with Gasteiger partial charge in [0.2, 0.25) is 0 Å². The number of hydrogen-bond acceptors (Lipinski definition) is 2. The molecule has 4 heteroatoms. The standard InChI is InChI=1S/C26H30FNOSi/c1-26(2,3)30(20-10-6-4-7-11-20,21-12-8-5-9-13-21)29-25-17-16-24(28)23-18-19(27)14-15-22(23)25/h4-15,18,24-25H,16-17,28H2,1-3H3/t24-,25-/m1/s1. The molecule has 156 valence electrons. The number of fused-ring (bicyclic) bond motifs is 1. The molecule has 0 unspecified atom stereocenters. The predicted molar refractivity (Wildman–Crippen MR) is 124 cm³/mol. The highest BCUT2D eigenvalue weighted by Gasteiger charge is 2.52. The zero-order chi connectivity index (χ0) is 21.4. The van der Waals surface area contributed by atoms with E-state index in [1.807, 2.05) is 18.2 Å². The van der Waals surface area contributed by atoms with E-state index in [0.717, 1.165) is 24.0 Å². The molecule has 0 heterocycles. The summed E-state index contributed by atoms with van der Waals surface area (Å²) in [5, 5.41) is 2.40. The van der Waals surface area contributed by atoms with Gasteiger partial charge in [-0.05, 0) is 51.5 Å². The lowest BCUT2D eigenvalue weighted by atomic mass is 9.86. The molecule has 2 atom stereocenters. The van der Waals surface area contributed by atoms with Crippen LogP contribution in [0.2, 0.25) is 5.04 Å². The fourth-order valence-electron chi connectivity index (χ4n) is 4.83. The summed E-state index contributed by atoms with van der Waals surface area (Å²) in [5.74, 6) is -0.240. The molecule has 3 aromatic carbocycles. The predicted octanol–water partition coefficient (Wildman–Crippen LogP) is 5.24. The van der Waals surface area contributed by atoms with Crippen molar-refractivity contribution in [3.05, 3.63) is 95.8 Å². The fourth-order valence-corrected chi connectivity index (χ4v) is 9.52. The fraction of sp³-hybridized carbons (Fsp3) is 0.308. The molecule has 4 rings (SSSR count). The molecule has 0 saturated carbocycles. The third-order valence-corrected chi connectivity index (χ3v) is 11.3. The van der Waals surface area contributed by atoms with Crippen LogP contribution in [0.3, 0.4) is 0 Å². The molecule has 3 aromatic rings. The van der Waals surface area contributed by atoms with E-state index in [1.54, 1.807) is 6.07 Å². The molecule has 0 saturated heterocycles. The Hall–Kier alpha value is -2.27. The lowest BCUT2D eigenvalue weighted by Gasteiger charge is -2.46. The maximum atomic E-state index is 14.0. The second-order valence-electron chi connectivity index (χ2n) is 9.23. The van der Waals surface area contributed by atoms with Gasteiger partial charge in [-0.2, -0.15) is 0 Å². The van der Waals surface area contributed by atoms with Gasteiger partial charge >= 0.3 is 0 Å². The van der Waals surface area contributed by atoms with Gasteiger partial charge in [0.15, 0.2) is 0 Å². The first kappa shape index (κ1) is 21.0. The van der Waals surface area contributed by atoms with E-state index in [2.05, 4.69) is 69.3 Å². The molecular weight excluding hydrogens is 389 g/mol. The van der Waals surface area contributed by atoms with Crippen molar-refractivity contribution >= 4 is 18.7 Å². The van der Waals surface area contributed by atoms with Gasteiger partial charge < -0.3 is 10.2 Å². The molecule has 2 N–H and O–H groups in total. The summed E-state index contributed by atoms with van der Waals surface area (Å²) in [6.45, 7) is 6.83. The maximum Gasteiger partial charge on any atom is 0.261 e. The minimum atomic E-state index is -2.68. The number of nitrogens with two attached hydrogens (primary N) is 1. The number of hydrogen-bond donors (Lipinski definition) is 1. The molecule has 1 aliphatic carbocycles. The summed E-state index contributed by atoms with van der Waals surface area (Å²) >= 11 is 0. The van der Waals surface area contributed by atoms with Crippen LogP contribution in [0, 0.1) is 5.82 Å². The summed E-state index contributed by atoms with van der Waals surface area (Å²) in [4.78, 5) is 0. The Morgan fingerprint density at radius 2 is 1.40 bits per heavy atom. The van der Waals surface area contributed by atoms with Gasteiger partial charge in [0, 0.05) is 6.04 Å². The largest absolute Gasteiger partial charge is 0.400 e. The van der Waals surface area contributed by atoms with Crippen LogP contribution in [0.25, 0.3) is 0 Å². The Balaban J connectivity index is 1.89. The first-order valence-corrected chi connectivity index (χ1v) is 12.6. The summed E-state index contributed by atoms with van der Waals surface area (Å²) < 4.78 is 21.3. The van der Waals surface area contributed by atoms with E-state index in [1.165, 1.54) is 16.4 Å². The van der Waals surface area contributed by atoms with Gasteiger partial charge in [0.05, 0.1) is 6.10 Å². The van der Waals surface area contributed by atoms with Crippen LogP contribution in [-0.4, -0.2) is 8.32 Å². The summed E-state index contributed by atoms with van der Waals surface area (Å²) in [5.41, 5.74) is 8.25. The normalized spacial score (nSPS) is 19.4. The first-order chi connectivity index (χ1) is 14.3. The molecule has 0 spiro atoms. The van der Waals surface area contributed by atoms with Crippen molar-refractivity contribution in [2.75, 3.05) is 0 Å². The van der Waals surface area contributed by atoms with Crippen LogP contribution < -0.4 is 16.1 Å². The lowest BCUT2D eigenvalue weighted by molar-refractivity contribution is 0.163. The van der Waals surface area contributed by atoms with E-state index in [9.17, 15) is 4.39 Å². The van der Waals surface area contributed by atoms with Gasteiger partial charge in [0.25, 0.3) is 8.32 Å². The van der Waals surface area contributed by atoms with Crippen molar-refractivity contribution in [3.8, 4) is 0 Å². The number of halogens is 1. The highest BCUT2D eigenvalue weighted by Crippen LogP contribution is 2.44. The van der Waals surface area contributed by atoms with Gasteiger partial charge in [-0.25, -0.2) is 4.39 Å². The van der Waals surface area contributed by atoms with E-state index in [4.69, 9.17) is 10.2 Å². The van der Waals surface area contributed by atoms with Crippen LogP contribution in [-0.2, 0) is 4.43 Å². The molecule has 0 aromatic heterocycles. The number of benzene rings is 3. The van der Waals surface area contributed by atoms with Crippen LogP contribution >= 0.6 is 0 Å². The van der Waals surface area contributed by atoms with Gasteiger partial charge in [-0.1, -0.05) is 87.5 Å². The smallest absolute Gasteiger partial charge is 0.261 e. The van der Waals surface area contributed by atoms with Gasteiger partial charge in [-0.3, -0.25) is 0 Å². The molecule has 0 amide bonds. The summed E-state index contributed by atoms with van der Waals surface area (Å²) in [6.07, 6.45) is 1.52. The molecule has 30 heavy (non-hydrogen) atoms. The van der Waals surface area contributed by atoms with Crippen molar-refractivity contribution in [1.29, 1.82) is 0 Å². The molecule has 1 aliphatic rings. The van der Waals surface area contributed by atoms with Gasteiger partial charge in [-0.15, -0.1) is 0 Å². The summed E-state index contributed by atoms with van der Waals surface area (Å²) in [7, 11) is -2.68. The Morgan fingerprint density at radius 3 is 1.93 bits per heavy atom.